The quantitative estimate of drug-likeness (QED) is 0.383. The van der Waals surface area contributed by atoms with Crippen molar-refractivity contribution < 1.29 is 4.39 Å². The smallest absolute Gasteiger partial charge is 0.189 e. The summed E-state index contributed by atoms with van der Waals surface area (Å²) in [5.74, 6) is 0.327. The average Bonchev–Trinajstić information content (AvgIpc) is 2.77. The summed E-state index contributed by atoms with van der Waals surface area (Å²) in [5, 5.41) is 6.18. The summed E-state index contributed by atoms with van der Waals surface area (Å²) in [7, 11) is 1.77. The number of halogens is 3. The van der Waals surface area contributed by atoms with Crippen LogP contribution < -0.4 is 0 Å². The van der Waals surface area contributed by atoms with E-state index in [2.05, 4.69) is 31.0 Å². The van der Waals surface area contributed by atoms with Gasteiger partial charge in [0, 0.05) is 18.6 Å². The van der Waals surface area contributed by atoms with Crippen molar-refractivity contribution in [1.82, 2.24) is 19.7 Å². The van der Waals surface area contributed by atoms with Crippen LogP contribution in [0.15, 0.2) is 15.8 Å². The van der Waals surface area contributed by atoms with E-state index in [-0.39, 0.29) is 10.7 Å². The lowest BCUT2D eigenvalue weighted by Gasteiger charge is -2.06. The second kappa shape index (κ2) is 5.13. The van der Waals surface area contributed by atoms with Gasteiger partial charge in [0.15, 0.2) is 11.0 Å². The Labute approximate surface area is 131 Å². The molecule has 0 aliphatic carbocycles. The zero-order valence-corrected chi connectivity index (χ0v) is 13.8. The molecule has 0 N–H and O–H groups in total. The van der Waals surface area contributed by atoms with Gasteiger partial charge < -0.3 is 0 Å². The first kappa shape index (κ1) is 14.0. The molecule has 3 aromatic rings. The summed E-state index contributed by atoms with van der Waals surface area (Å²) in [6.07, 6.45) is 1.78. The summed E-state index contributed by atoms with van der Waals surface area (Å²) in [6, 6.07) is 0. The molecule has 0 amide bonds. The first-order valence-corrected chi connectivity index (χ1v) is 7.99. The Hall–Kier alpha value is -0.920. The molecule has 0 saturated heterocycles. The molecule has 0 spiro atoms. The molecule has 104 valence electrons. The SMILES string of the molecule is CCSc1nc(Cl)c2c(n1)c(F)c(Br)c1nn(C)cc12. The predicted octanol–water partition coefficient (Wildman–Crippen LogP) is 4.18. The number of nitrogens with zero attached hydrogens (tertiary/aromatic N) is 4. The van der Waals surface area contributed by atoms with Crippen molar-refractivity contribution in [2.24, 2.45) is 7.05 Å². The molecule has 2 aromatic heterocycles. The van der Waals surface area contributed by atoms with Crippen LogP contribution in [0.4, 0.5) is 4.39 Å². The molecule has 2 heterocycles. The third-order valence-electron chi connectivity index (χ3n) is 2.82. The highest BCUT2D eigenvalue weighted by Gasteiger charge is 2.20. The molecule has 0 saturated carbocycles. The van der Waals surface area contributed by atoms with E-state index in [1.54, 1.807) is 17.9 Å². The van der Waals surface area contributed by atoms with Crippen LogP contribution >= 0.6 is 39.3 Å². The van der Waals surface area contributed by atoms with Gasteiger partial charge in [-0.1, -0.05) is 30.3 Å². The fourth-order valence-corrected chi connectivity index (χ4v) is 3.42. The highest BCUT2D eigenvalue weighted by Crippen LogP contribution is 2.37. The zero-order valence-electron chi connectivity index (χ0n) is 10.6. The Bertz CT molecular complexity index is 836. The van der Waals surface area contributed by atoms with Crippen LogP contribution in [0.1, 0.15) is 6.92 Å². The van der Waals surface area contributed by atoms with Crippen molar-refractivity contribution in [3.63, 3.8) is 0 Å². The van der Waals surface area contributed by atoms with E-state index < -0.39 is 5.82 Å². The highest BCUT2D eigenvalue weighted by molar-refractivity contribution is 9.10. The number of hydrogen-bond acceptors (Lipinski definition) is 4. The summed E-state index contributed by atoms with van der Waals surface area (Å²) in [5.41, 5.74) is 0.729. The van der Waals surface area contributed by atoms with E-state index in [1.165, 1.54) is 11.8 Å². The Morgan fingerprint density at radius 1 is 1.40 bits per heavy atom. The number of rotatable bonds is 2. The second-order valence-corrected chi connectivity index (χ2v) is 6.53. The Morgan fingerprint density at radius 2 is 2.15 bits per heavy atom. The number of hydrogen-bond donors (Lipinski definition) is 0. The number of aromatic nitrogens is 4. The number of thioether (sulfide) groups is 1. The monoisotopic (exact) mass is 374 g/mol. The second-order valence-electron chi connectivity index (χ2n) is 4.15. The maximum absolute atomic E-state index is 14.5. The topological polar surface area (TPSA) is 43.6 Å². The Kier molecular flexibility index (Phi) is 3.60. The van der Waals surface area contributed by atoms with Gasteiger partial charge in [-0.2, -0.15) is 5.10 Å². The van der Waals surface area contributed by atoms with Gasteiger partial charge in [0.25, 0.3) is 0 Å². The molecule has 20 heavy (non-hydrogen) atoms. The molecular formula is C12H9BrClFN4S. The molecule has 0 aliphatic rings. The van der Waals surface area contributed by atoms with Crippen LogP contribution in [0.25, 0.3) is 21.8 Å². The maximum Gasteiger partial charge on any atom is 0.189 e. The van der Waals surface area contributed by atoms with Gasteiger partial charge in [-0.25, -0.2) is 14.4 Å². The standard InChI is InChI=1S/C12H9BrClFN4S/c1-3-20-12-16-10-6(11(14)17-12)5-4-19(2)18-9(5)7(13)8(10)15/h4H,3H2,1-2H3. The molecule has 0 aliphatic heterocycles. The van der Waals surface area contributed by atoms with Gasteiger partial charge in [0.05, 0.1) is 9.86 Å². The summed E-state index contributed by atoms with van der Waals surface area (Å²) in [6.45, 7) is 1.97. The summed E-state index contributed by atoms with van der Waals surface area (Å²) in [4.78, 5) is 8.49. The number of benzene rings is 1. The van der Waals surface area contributed by atoms with Crippen LogP contribution in [-0.2, 0) is 7.05 Å². The lowest BCUT2D eigenvalue weighted by molar-refractivity contribution is 0.629. The van der Waals surface area contributed by atoms with Crippen LogP contribution in [0, 0.1) is 5.82 Å². The van der Waals surface area contributed by atoms with Crippen molar-refractivity contribution in [2.75, 3.05) is 5.75 Å². The lowest BCUT2D eigenvalue weighted by atomic mass is 10.1. The molecule has 0 bridgehead atoms. The number of fused-ring (bicyclic) bond motifs is 3. The predicted molar refractivity (Wildman–Crippen MR) is 82.9 cm³/mol. The Balaban J connectivity index is 2.50. The van der Waals surface area contributed by atoms with E-state index in [1.807, 2.05) is 6.92 Å². The minimum atomic E-state index is -0.464. The summed E-state index contributed by atoms with van der Waals surface area (Å²) < 4.78 is 16.4. The third kappa shape index (κ3) is 2.08. The van der Waals surface area contributed by atoms with Crippen molar-refractivity contribution in [3.8, 4) is 0 Å². The van der Waals surface area contributed by atoms with Crippen LogP contribution in [0.2, 0.25) is 5.15 Å². The van der Waals surface area contributed by atoms with Crippen molar-refractivity contribution >= 4 is 61.1 Å². The molecule has 4 nitrogen and oxygen atoms in total. The van der Waals surface area contributed by atoms with Crippen LogP contribution in [0.3, 0.4) is 0 Å². The Morgan fingerprint density at radius 3 is 2.85 bits per heavy atom. The fraction of sp³-hybridized carbons (Fsp3) is 0.250. The first-order valence-electron chi connectivity index (χ1n) is 5.83. The summed E-state index contributed by atoms with van der Waals surface area (Å²) >= 11 is 10.9. The molecule has 0 fully saturated rings. The molecule has 0 unspecified atom stereocenters. The molecular weight excluding hydrogens is 367 g/mol. The third-order valence-corrected chi connectivity index (χ3v) is 4.55. The fourth-order valence-electron chi connectivity index (χ4n) is 2.05. The van der Waals surface area contributed by atoms with E-state index in [0.717, 1.165) is 11.1 Å². The number of aryl methyl sites for hydroxylation is 1. The van der Waals surface area contributed by atoms with Gasteiger partial charge in [-0.15, -0.1) is 0 Å². The largest absolute Gasteiger partial charge is 0.275 e. The first-order chi connectivity index (χ1) is 9.52. The van der Waals surface area contributed by atoms with Gasteiger partial charge in [-0.05, 0) is 21.7 Å². The minimum Gasteiger partial charge on any atom is -0.275 e. The molecule has 8 heteroatoms. The van der Waals surface area contributed by atoms with Crippen molar-refractivity contribution in [1.29, 1.82) is 0 Å². The van der Waals surface area contributed by atoms with E-state index in [0.29, 0.717) is 20.5 Å². The van der Waals surface area contributed by atoms with Gasteiger partial charge in [-0.3, -0.25) is 4.68 Å². The maximum atomic E-state index is 14.5. The minimum absolute atomic E-state index is 0.216. The van der Waals surface area contributed by atoms with Gasteiger partial charge in [0.1, 0.15) is 16.2 Å². The van der Waals surface area contributed by atoms with Crippen LogP contribution in [-0.4, -0.2) is 25.5 Å². The zero-order chi connectivity index (χ0) is 14.4. The van der Waals surface area contributed by atoms with Crippen LogP contribution in [0.5, 0.6) is 0 Å². The molecule has 1 aromatic carbocycles. The average molecular weight is 376 g/mol. The van der Waals surface area contributed by atoms with E-state index in [4.69, 9.17) is 11.6 Å². The van der Waals surface area contributed by atoms with Crippen molar-refractivity contribution in [2.45, 2.75) is 12.1 Å². The lowest BCUT2D eigenvalue weighted by Crippen LogP contribution is -1.95. The molecule has 0 atom stereocenters. The van der Waals surface area contributed by atoms with E-state index >= 15 is 0 Å². The highest BCUT2D eigenvalue weighted by atomic mass is 79.9. The van der Waals surface area contributed by atoms with Gasteiger partial charge in [0.2, 0.25) is 0 Å². The van der Waals surface area contributed by atoms with E-state index in [9.17, 15) is 4.39 Å². The molecule has 3 rings (SSSR count). The van der Waals surface area contributed by atoms with Crippen molar-refractivity contribution in [3.05, 3.63) is 21.6 Å². The normalized spacial score (nSPS) is 11.7. The van der Waals surface area contributed by atoms with Gasteiger partial charge >= 0.3 is 0 Å². The molecule has 0 radical (unpaired) electrons.